The second kappa shape index (κ2) is 4.35. The molecule has 0 aliphatic carbocycles. The first-order valence-corrected chi connectivity index (χ1v) is 5.70. The lowest BCUT2D eigenvalue weighted by Gasteiger charge is -2.14. The van der Waals surface area contributed by atoms with E-state index in [1.54, 1.807) is 14.2 Å². The maximum Gasteiger partial charge on any atom is 0.161 e. The van der Waals surface area contributed by atoms with Gasteiger partial charge >= 0.3 is 0 Å². The van der Waals surface area contributed by atoms with E-state index in [-0.39, 0.29) is 11.6 Å². The zero-order valence-corrected chi connectivity index (χ0v) is 10.7. The van der Waals surface area contributed by atoms with E-state index in [4.69, 9.17) is 9.47 Å². The highest BCUT2D eigenvalue weighted by Gasteiger charge is 2.30. The van der Waals surface area contributed by atoms with Gasteiger partial charge < -0.3 is 9.47 Å². The average molecular weight is 234 g/mol. The van der Waals surface area contributed by atoms with E-state index in [9.17, 15) is 0 Å². The second-order valence-corrected chi connectivity index (χ2v) is 4.86. The predicted octanol–water partition coefficient (Wildman–Crippen LogP) is 3.38. The number of hydrogen-bond acceptors (Lipinski definition) is 4. The molecule has 1 aromatic carbocycles. The molecule has 1 unspecified atom stereocenters. The Morgan fingerprint density at radius 1 is 1.18 bits per heavy atom. The summed E-state index contributed by atoms with van der Waals surface area (Å²) < 4.78 is 10.5. The molecule has 1 aliphatic rings. The van der Waals surface area contributed by atoms with Crippen LogP contribution in [0, 0.1) is 0 Å². The summed E-state index contributed by atoms with van der Waals surface area (Å²) in [7, 11) is 3.28. The Kier molecular flexibility index (Phi) is 3.05. The van der Waals surface area contributed by atoms with E-state index in [1.165, 1.54) is 0 Å². The molecule has 0 bridgehead atoms. The van der Waals surface area contributed by atoms with Gasteiger partial charge in [0.2, 0.25) is 0 Å². The first-order valence-electron chi connectivity index (χ1n) is 5.70. The monoisotopic (exact) mass is 234 g/mol. The fourth-order valence-corrected chi connectivity index (χ4v) is 2.03. The van der Waals surface area contributed by atoms with Crippen LogP contribution in [0.1, 0.15) is 31.9 Å². The van der Waals surface area contributed by atoms with Crippen molar-refractivity contribution in [3.05, 3.63) is 23.8 Å². The van der Waals surface area contributed by atoms with E-state index in [1.807, 2.05) is 18.2 Å². The van der Waals surface area contributed by atoms with Gasteiger partial charge in [0.05, 0.1) is 25.8 Å². The molecule has 1 atom stereocenters. The molecule has 0 N–H and O–H groups in total. The number of benzene rings is 1. The van der Waals surface area contributed by atoms with Crippen LogP contribution in [0.25, 0.3) is 0 Å². The van der Waals surface area contributed by atoms with Crippen LogP contribution >= 0.6 is 0 Å². The summed E-state index contributed by atoms with van der Waals surface area (Å²) in [6.07, 6.45) is 0.933. The summed E-state index contributed by atoms with van der Waals surface area (Å²) in [5, 5.41) is 8.60. The third-order valence-electron chi connectivity index (χ3n) is 2.95. The Balaban J connectivity index is 2.26. The highest BCUT2D eigenvalue weighted by Crippen LogP contribution is 2.39. The molecule has 1 aliphatic heterocycles. The lowest BCUT2D eigenvalue weighted by molar-refractivity contribution is 0.354. The van der Waals surface area contributed by atoms with Gasteiger partial charge in [0.15, 0.2) is 11.5 Å². The van der Waals surface area contributed by atoms with Gasteiger partial charge in [0.1, 0.15) is 0 Å². The topological polar surface area (TPSA) is 43.2 Å². The van der Waals surface area contributed by atoms with E-state index >= 15 is 0 Å². The van der Waals surface area contributed by atoms with Crippen LogP contribution in [-0.2, 0) is 0 Å². The van der Waals surface area contributed by atoms with Gasteiger partial charge in [-0.15, -0.1) is 0 Å². The first-order chi connectivity index (χ1) is 8.05. The van der Waals surface area contributed by atoms with E-state index in [2.05, 4.69) is 24.1 Å². The molecular formula is C13H18N2O2. The minimum absolute atomic E-state index is 0.0577. The molecule has 17 heavy (non-hydrogen) atoms. The normalized spacial score (nSPS) is 21.5. The zero-order valence-electron chi connectivity index (χ0n) is 10.7. The van der Waals surface area contributed by atoms with E-state index < -0.39 is 0 Å². The van der Waals surface area contributed by atoms with Gasteiger partial charge in [-0.3, -0.25) is 0 Å². The summed E-state index contributed by atoms with van der Waals surface area (Å²) in [4.78, 5) is 0. The predicted molar refractivity (Wildman–Crippen MR) is 65.8 cm³/mol. The molecule has 0 fully saturated rings. The van der Waals surface area contributed by atoms with Crippen molar-refractivity contribution in [2.24, 2.45) is 10.2 Å². The fraction of sp³-hybridized carbons (Fsp3) is 0.538. The molecule has 4 heteroatoms. The van der Waals surface area contributed by atoms with Crippen LogP contribution < -0.4 is 9.47 Å². The SMILES string of the molecule is COc1ccc(C2CC(C)(C)N=N2)cc1OC. The largest absolute Gasteiger partial charge is 0.493 e. The average Bonchev–Trinajstić information content (AvgIpc) is 2.68. The van der Waals surface area contributed by atoms with Crippen LogP contribution in [0.5, 0.6) is 11.5 Å². The standard InChI is InChI=1S/C13H18N2O2/c1-13(2)8-10(14-15-13)9-5-6-11(16-3)12(7-9)17-4/h5-7,10H,8H2,1-4H3. The third kappa shape index (κ3) is 2.40. The highest BCUT2D eigenvalue weighted by molar-refractivity contribution is 5.44. The molecule has 92 valence electrons. The molecule has 1 heterocycles. The molecule has 0 spiro atoms. The number of ether oxygens (including phenoxy) is 2. The molecule has 0 aromatic heterocycles. The molecule has 0 saturated carbocycles. The lowest BCUT2D eigenvalue weighted by Crippen LogP contribution is -2.13. The van der Waals surface area contributed by atoms with Gasteiger partial charge in [-0.1, -0.05) is 6.07 Å². The minimum atomic E-state index is -0.0577. The number of rotatable bonds is 3. The van der Waals surface area contributed by atoms with Crippen LogP contribution in [-0.4, -0.2) is 19.8 Å². The van der Waals surface area contributed by atoms with Crippen LogP contribution in [0.2, 0.25) is 0 Å². The van der Waals surface area contributed by atoms with Gasteiger partial charge in [-0.05, 0) is 31.5 Å². The van der Waals surface area contributed by atoms with Crippen molar-refractivity contribution < 1.29 is 9.47 Å². The van der Waals surface area contributed by atoms with Crippen LogP contribution in [0.4, 0.5) is 0 Å². The maximum atomic E-state index is 5.29. The zero-order chi connectivity index (χ0) is 12.5. The van der Waals surface area contributed by atoms with E-state index in [0.717, 1.165) is 23.5 Å². The summed E-state index contributed by atoms with van der Waals surface area (Å²) >= 11 is 0. The summed E-state index contributed by atoms with van der Waals surface area (Å²) in [6, 6.07) is 6.04. The Hall–Kier alpha value is -1.58. The molecule has 4 nitrogen and oxygen atoms in total. The van der Waals surface area contributed by atoms with Gasteiger partial charge in [-0.25, -0.2) is 0 Å². The Morgan fingerprint density at radius 2 is 1.88 bits per heavy atom. The highest BCUT2D eigenvalue weighted by atomic mass is 16.5. The molecular weight excluding hydrogens is 216 g/mol. The van der Waals surface area contributed by atoms with Crippen LogP contribution in [0.15, 0.2) is 28.4 Å². The summed E-state index contributed by atoms with van der Waals surface area (Å²) in [5.41, 5.74) is 1.06. The molecule has 0 radical (unpaired) electrons. The minimum Gasteiger partial charge on any atom is -0.493 e. The van der Waals surface area contributed by atoms with Crippen molar-refractivity contribution in [3.63, 3.8) is 0 Å². The first kappa shape index (κ1) is 11.9. The number of nitrogens with zero attached hydrogens (tertiary/aromatic N) is 2. The number of azo groups is 1. The molecule has 1 aromatic rings. The Bertz CT molecular complexity index is 441. The second-order valence-electron chi connectivity index (χ2n) is 4.86. The smallest absolute Gasteiger partial charge is 0.161 e. The third-order valence-corrected chi connectivity index (χ3v) is 2.95. The molecule has 0 amide bonds. The van der Waals surface area contributed by atoms with Crippen molar-refractivity contribution in [1.82, 2.24) is 0 Å². The maximum absolute atomic E-state index is 5.29. The van der Waals surface area contributed by atoms with Gasteiger partial charge in [0, 0.05) is 6.42 Å². The number of methoxy groups -OCH3 is 2. The van der Waals surface area contributed by atoms with Crippen molar-refractivity contribution in [3.8, 4) is 11.5 Å². The molecule has 0 saturated heterocycles. The van der Waals surface area contributed by atoms with Crippen LogP contribution in [0.3, 0.4) is 0 Å². The fourth-order valence-electron chi connectivity index (χ4n) is 2.03. The lowest BCUT2D eigenvalue weighted by atomic mass is 9.94. The Morgan fingerprint density at radius 3 is 2.41 bits per heavy atom. The Labute approximate surface area is 102 Å². The summed E-state index contributed by atoms with van der Waals surface area (Å²) in [6.45, 7) is 4.19. The van der Waals surface area contributed by atoms with Gasteiger partial charge in [-0.2, -0.15) is 10.2 Å². The van der Waals surface area contributed by atoms with Gasteiger partial charge in [0.25, 0.3) is 0 Å². The van der Waals surface area contributed by atoms with Crippen molar-refractivity contribution in [2.75, 3.05) is 14.2 Å². The van der Waals surface area contributed by atoms with Crippen molar-refractivity contribution in [2.45, 2.75) is 31.8 Å². The number of hydrogen-bond donors (Lipinski definition) is 0. The van der Waals surface area contributed by atoms with Crippen molar-refractivity contribution in [1.29, 1.82) is 0 Å². The van der Waals surface area contributed by atoms with E-state index in [0.29, 0.717) is 0 Å². The van der Waals surface area contributed by atoms with Crippen molar-refractivity contribution >= 4 is 0 Å². The molecule has 2 rings (SSSR count). The summed E-state index contributed by atoms with van der Waals surface area (Å²) in [5.74, 6) is 1.48. The quantitative estimate of drug-likeness (QED) is 0.804.